The molecule has 2 aromatic heterocycles. The second kappa shape index (κ2) is 8.63. The van der Waals surface area contributed by atoms with Crippen LogP contribution in [0.5, 0.6) is 0 Å². The van der Waals surface area contributed by atoms with E-state index in [9.17, 15) is 4.39 Å². The monoisotopic (exact) mass is 500 g/mol. The van der Waals surface area contributed by atoms with Crippen LogP contribution in [-0.2, 0) is 6.42 Å². The number of nitrogens with zero attached hydrogens (tertiary/aromatic N) is 4. The molecule has 1 aromatic carbocycles. The van der Waals surface area contributed by atoms with Crippen LogP contribution in [0.1, 0.15) is 62.4 Å². The van der Waals surface area contributed by atoms with Crippen LogP contribution in [-0.4, -0.2) is 68.9 Å². The van der Waals surface area contributed by atoms with Gasteiger partial charge in [-0.05, 0) is 73.3 Å². The number of aromatic nitrogens is 3. The zero-order valence-electron chi connectivity index (χ0n) is 21.9. The highest BCUT2D eigenvalue weighted by Gasteiger charge is 2.69. The summed E-state index contributed by atoms with van der Waals surface area (Å²) in [6.45, 7) is 7.42. The van der Waals surface area contributed by atoms with Gasteiger partial charge in [-0.3, -0.25) is 24.3 Å². The van der Waals surface area contributed by atoms with Crippen molar-refractivity contribution < 1.29 is 4.39 Å². The van der Waals surface area contributed by atoms with E-state index in [-0.39, 0.29) is 12.7 Å². The van der Waals surface area contributed by atoms with E-state index in [1.54, 1.807) is 0 Å². The van der Waals surface area contributed by atoms with Crippen LogP contribution in [0.4, 0.5) is 10.1 Å². The Kier molecular flexibility index (Phi) is 5.45. The molecule has 2 bridgehead atoms. The summed E-state index contributed by atoms with van der Waals surface area (Å²) in [5.74, 6) is 0. The number of hydrogen-bond acceptors (Lipinski definition) is 5. The minimum Gasteiger partial charge on any atom is -0.378 e. The first kappa shape index (κ1) is 23.4. The highest BCUT2D eigenvalue weighted by molar-refractivity contribution is 5.64. The van der Waals surface area contributed by atoms with E-state index in [1.165, 1.54) is 36.0 Å². The van der Waals surface area contributed by atoms with E-state index in [0.29, 0.717) is 29.5 Å². The van der Waals surface area contributed by atoms with Crippen molar-refractivity contribution in [2.75, 3.05) is 31.6 Å². The van der Waals surface area contributed by atoms with Crippen LogP contribution in [0, 0.1) is 5.41 Å². The van der Waals surface area contributed by atoms with Gasteiger partial charge < -0.3 is 5.32 Å². The number of likely N-dealkylation sites (tertiary alicyclic amines) is 1. The highest BCUT2D eigenvalue weighted by atomic mass is 19.1. The maximum atomic E-state index is 12.4. The summed E-state index contributed by atoms with van der Waals surface area (Å²) in [6.07, 6.45) is 11.5. The van der Waals surface area contributed by atoms with E-state index in [0.717, 1.165) is 43.0 Å². The maximum absolute atomic E-state index is 12.4. The van der Waals surface area contributed by atoms with Crippen molar-refractivity contribution in [1.82, 2.24) is 25.0 Å². The molecule has 0 radical (unpaired) electrons. The number of fused-ring (bicyclic) bond motifs is 1. The second-order valence-electron chi connectivity index (χ2n) is 12.4. The number of rotatable bonds is 8. The second-order valence-corrected chi connectivity index (χ2v) is 12.4. The summed E-state index contributed by atoms with van der Waals surface area (Å²) in [7, 11) is 0. The molecular weight excluding hydrogens is 463 g/mol. The Bertz CT molecular complexity index is 1250. The van der Waals surface area contributed by atoms with E-state index in [2.05, 4.69) is 69.5 Å². The van der Waals surface area contributed by atoms with Gasteiger partial charge in [-0.15, -0.1) is 0 Å². The van der Waals surface area contributed by atoms with Crippen LogP contribution < -0.4 is 5.32 Å². The molecule has 37 heavy (non-hydrogen) atoms. The average Bonchev–Trinajstić information content (AvgIpc) is 3.37. The zero-order valence-corrected chi connectivity index (χ0v) is 21.9. The van der Waals surface area contributed by atoms with Gasteiger partial charge in [0.15, 0.2) is 0 Å². The summed E-state index contributed by atoms with van der Waals surface area (Å²) in [4.78, 5) is 10.2. The molecular formula is C30H37FN6. The third-order valence-electron chi connectivity index (χ3n) is 9.36. The first-order valence-corrected chi connectivity index (χ1v) is 13.9. The van der Waals surface area contributed by atoms with Crippen molar-refractivity contribution in [3.63, 3.8) is 0 Å². The van der Waals surface area contributed by atoms with Crippen LogP contribution in [0.2, 0.25) is 0 Å². The van der Waals surface area contributed by atoms with E-state index >= 15 is 0 Å². The number of pyridine rings is 1. The Hall–Kier alpha value is -2.77. The van der Waals surface area contributed by atoms with Gasteiger partial charge in [0.2, 0.25) is 0 Å². The summed E-state index contributed by atoms with van der Waals surface area (Å²) in [5.41, 5.74) is 8.27. The number of H-pyrrole nitrogens is 1. The first-order chi connectivity index (χ1) is 18.0. The summed E-state index contributed by atoms with van der Waals surface area (Å²) >= 11 is 0. The van der Waals surface area contributed by atoms with Crippen molar-refractivity contribution in [1.29, 1.82) is 0 Å². The molecule has 7 heteroatoms. The molecule has 1 saturated heterocycles. The number of alkyl halides is 1. The van der Waals surface area contributed by atoms with E-state index in [4.69, 9.17) is 4.98 Å². The van der Waals surface area contributed by atoms with Gasteiger partial charge in [0, 0.05) is 43.0 Å². The van der Waals surface area contributed by atoms with Gasteiger partial charge >= 0.3 is 0 Å². The number of benzene rings is 1. The minimum atomic E-state index is -0.231. The Morgan fingerprint density at radius 3 is 2.62 bits per heavy atom. The number of hydrogen-bond donors (Lipinski definition) is 2. The summed E-state index contributed by atoms with van der Waals surface area (Å²) in [6, 6.07) is 12.4. The quantitative estimate of drug-likeness (QED) is 0.445. The fraction of sp³-hybridized carbons (Fsp3) is 0.533. The molecule has 4 fully saturated rings. The fourth-order valence-corrected chi connectivity index (χ4v) is 8.02. The van der Waals surface area contributed by atoms with Gasteiger partial charge in [0.1, 0.15) is 0 Å². The molecule has 2 aliphatic heterocycles. The van der Waals surface area contributed by atoms with Gasteiger partial charge in [0.05, 0.1) is 42.5 Å². The molecule has 5 aliphatic rings. The molecule has 0 amide bonds. The van der Waals surface area contributed by atoms with E-state index < -0.39 is 0 Å². The maximum Gasteiger partial charge on any atom is 0.0906 e. The predicted molar refractivity (Wildman–Crippen MR) is 144 cm³/mol. The normalized spacial score (nSPS) is 31.2. The lowest BCUT2D eigenvalue weighted by Crippen LogP contribution is -2.76. The Morgan fingerprint density at radius 1 is 1.11 bits per heavy atom. The summed E-state index contributed by atoms with van der Waals surface area (Å²) < 4.78 is 12.4. The third kappa shape index (κ3) is 3.89. The van der Waals surface area contributed by atoms with Crippen molar-refractivity contribution >= 4 is 5.69 Å². The SMILES string of the molecule is CC1Cc2cc(-c3cn[nH]c3)ccc2C(c2ccc(NC3CN(CCCF)C3)cn2)N1C12CC(C)(C1)C2. The van der Waals surface area contributed by atoms with Gasteiger partial charge in [-0.25, -0.2) is 0 Å². The molecule has 2 unspecified atom stereocenters. The predicted octanol–water partition coefficient (Wildman–Crippen LogP) is 5.21. The van der Waals surface area contributed by atoms with Gasteiger partial charge in [-0.2, -0.15) is 5.10 Å². The fourth-order valence-electron chi connectivity index (χ4n) is 8.02. The van der Waals surface area contributed by atoms with Crippen LogP contribution in [0.25, 0.3) is 11.1 Å². The molecule has 4 heterocycles. The van der Waals surface area contributed by atoms with Crippen molar-refractivity contribution in [3.8, 4) is 11.1 Å². The molecule has 0 spiro atoms. The van der Waals surface area contributed by atoms with Gasteiger partial charge in [-0.1, -0.05) is 25.1 Å². The van der Waals surface area contributed by atoms with E-state index in [1.807, 2.05) is 18.6 Å². The first-order valence-electron chi connectivity index (χ1n) is 13.9. The molecule has 2 atom stereocenters. The Labute approximate surface area is 218 Å². The highest BCUT2D eigenvalue weighted by Crippen LogP contribution is 2.71. The largest absolute Gasteiger partial charge is 0.378 e. The van der Waals surface area contributed by atoms with Crippen LogP contribution in [0.15, 0.2) is 48.9 Å². The Balaban J connectivity index is 1.16. The molecule has 2 N–H and O–H groups in total. The molecule has 3 saturated carbocycles. The minimum absolute atomic E-state index is 0.177. The van der Waals surface area contributed by atoms with Crippen molar-refractivity contribution in [2.45, 2.75) is 69.6 Å². The lowest BCUT2D eigenvalue weighted by Gasteiger charge is -2.75. The van der Waals surface area contributed by atoms with Crippen molar-refractivity contribution in [2.24, 2.45) is 5.41 Å². The lowest BCUT2D eigenvalue weighted by molar-refractivity contribution is -0.231. The molecule has 3 aromatic rings. The average molecular weight is 501 g/mol. The standard InChI is InChI=1S/C30H37FN6/c1-20-10-22-11-21(23-12-33-34-13-23)4-6-26(22)28(37(20)30-17-29(2,18-30)19-30)27-7-5-24(14-32-27)35-25-15-36(16-25)9-3-8-31/h4-7,11-14,20,25,28,35H,3,8-10,15-19H2,1-2H3,(H,33,34). The van der Waals surface area contributed by atoms with Gasteiger partial charge in [0.25, 0.3) is 0 Å². The number of aromatic amines is 1. The smallest absolute Gasteiger partial charge is 0.0906 e. The van der Waals surface area contributed by atoms with Crippen LogP contribution >= 0.6 is 0 Å². The van der Waals surface area contributed by atoms with Crippen LogP contribution in [0.3, 0.4) is 0 Å². The lowest BCUT2D eigenvalue weighted by atomic mass is 9.39. The topological polar surface area (TPSA) is 60.1 Å². The molecule has 3 aliphatic carbocycles. The van der Waals surface area contributed by atoms with Crippen molar-refractivity contribution in [3.05, 3.63) is 65.7 Å². The molecule has 6 nitrogen and oxygen atoms in total. The molecule has 194 valence electrons. The Morgan fingerprint density at radius 2 is 1.95 bits per heavy atom. The summed E-state index contributed by atoms with van der Waals surface area (Å²) in [5, 5.41) is 10.7. The number of halogens is 1. The zero-order chi connectivity index (χ0) is 25.2. The number of nitrogens with one attached hydrogen (secondary N) is 2. The third-order valence-corrected chi connectivity index (χ3v) is 9.36. The molecule has 8 rings (SSSR count). The number of anilines is 1.